The Morgan fingerprint density at radius 3 is 2.65 bits per heavy atom. The number of aryl methyl sites for hydroxylation is 1. The second-order valence-electron chi connectivity index (χ2n) is 5.37. The molecule has 0 aromatic carbocycles. The largest absolute Gasteiger partial charge is 0.330 e. The molecule has 1 aliphatic rings. The van der Waals surface area contributed by atoms with Crippen LogP contribution in [0.4, 0.5) is 0 Å². The molecule has 0 radical (unpaired) electrons. The fraction of sp³-hybridized carbons (Fsp3) is 0.846. The molecule has 1 aromatic rings. The van der Waals surface area contributed by atoms with Crippen molar-refractivity contribution >= 4 is 0 Å². The molecule has 0 spiro atoms. The first-order valence-corrected chi connectivity index (χ1v) is 6.82. The highest BCUT2D eigenvalue weighted by molar-refractivity contribution is 4.99. The third-order valence-electron chi connectivity index (χ3n) is 3.81. The minimum Gasteiger partial charge on any atom is -0.330 e. The molecule has 2 N–H and O–H groups in total. The van der Waals surface area contributed by atoms with Crippen LogP contribution in [0.5, 0.6) is 0 Å². The Kier molecular flexibility index (Phi) is 4.15. The monoisotopic (exact) mass is 236 g/mol. The molecule has 1 fully saturated rings. The first-order valence-electron chi connectivity index (χ1n) is 6.82. The van der Waals surface area contributed by atoms with Gasteiger partial charge >= 0.3 is 0 Å². The van der Waals surface area contributed by atoms with Gasteiger partial charge in [0.05, 0.1) is 0 Å². The summed E-state index contributed by atoms with van der Waals surface area (Å²) in [6, 6.07) is 0.624. The molecule has 1 aliphatic carbocycles. The molecule has 96 valence electrons. The van der Waals surface area contributed by atoms with Gasteiger partial charge in [0.25, 0.3) is 0 Å². The van der Waals surface area contributed by atoms with Gasteiger partial charge in [-0.05, 0) is 32.2 Å². The van der Waals surface area contributed by atoms with Crippen LogP contribution in [-0.2, 0) is 6.42 Å². The lowest BCUT2D eigenvalue weighted by Crippen LogP contribution is -2.20. The molecule has 0 saturated heterocycles. The number of nitrogens with zero attached hydrogens (tertiary/aromatic N) is 3. The van der Waals surface area contributed by atoms with Gasteiger partial charge in [0.1, 0.15) is 11.6 Å². The van der Waals surface area contributed by atoms with E-state index < -0.39 is 0 Å². The van der Waals surface area contributed by atoms with E-state index in [4.69, 9.17) is 5.73 Å². The van der Waals surface area contributed by atoms with Crippen LogP contribution < -0.4 is 5.73 Å². The lowest BCUT2D eigenvalue weighted by molar-refractivity contribution is 0.337. The molecule has 4 nitrogen and oxygen atoms in total. The molecule has 4 heteroatoms. The van der Waals surface area contributed by atoms with Crippen molar-refractivity contribution in [3.05, 3.63) is 11.6 Å². The van der Waals surface area contributed by atoms with Gasteiger partial charge in [-0.25, -0.2) is 0 Å². The van der Waals surface area contributed by atoms with Crippen molar-refractivity contribution < 1.29 is 0 Å². The summed E-state index contributed by atoms with van der Waals surface area (Å²) in [5, 5.41) is 8.59. The molecule has 1 heterocycles. The maximum Gasteiger partial charge on any atom is 0.133 e. The molecule has 0 bridgehead atoms. The van der Waals surface area contributed by atoms with Crippen molar-refractivity contribution in [2.75, 3.05) is 6.54 Å². The molecule has 17 heavy (non-hydrogen) atoms. The second kappa shape index (κ2) is 5.63. The van der Waals surface area contributed by atoms with Crippen molar-refractivity contribution in [3.8, 4) is 0 Å². The number of rotatable bonds is 4. The highest BCUT2D eigenvalue weighted by atomic mass is 15.3. The first-order chi connectivity index (χ1) is 8.22. The standard InChI is InChI=1S/C13H24N4/c1-10(9-14)8-13-16-15-11(2)17(13)12-6-4-3-5-7-12/h10,12H,3-9,14H2,1-2H3. The molecule has 1 saturated carbocycles. The van der Waals surface area contributed by atoms with Crippen LogP contribution in [0.3, 0.4) is 0 Å². The van der Waals surface area contributed by atoms with E-state index in [1.807, 2.05) is 0 Å². The second-order valence-corrected chi connectivity index (χ2v) is 5.37. The van der Waals surface area contributed by atoms with Crippen molar-refractivity contribution in [3.63, 3.8) is 0 Å². The molecule has 1 atom stereocenters. The smallest absolute Gasteiger partial charge is 0.133 e. The van der Waals surface area contributed by atoms with Crippen LogP contribution in [0.2, 0.25) is 0 Å². The number of hydrogen-bond acceptors (Lipinski definition) is 3. The van der Waals surface area contributed by atoms with Crippen LogP contribution in [0, 0.1) is 12.8 Å². The summed E-state index contributed by atoms with van der Waals surface area (Å²) >= 11 is 0. The Hall–Kier alpha value is -0.900. The minimum atomic E-state index is 0.487. The van der Waals surface area contributed by atoms with Crippen LogP contribution in [0.1, 0.15) is 56.7 Å². The lowest BCUT2D eigenvalue weighted by atomic mass is 9.95. The number of nitrogens with two attached hydrogens (primary N) is 1. The summed E-state index contributed by atoms with van der Waals surface area (Å²) < 4.78 is 2.37. The van der Waals surface area contributed by atoms with Crippen molar-refractivity contribution in [2.45, 2.75) is 58.4 Å². The van der Waals surface area contributed by atoms with Crippen molar-refractivity contribution in [1.29, 1.82) is 0 Å². The van der Waals surface area contributed by atoms with E-state index >= 15 is 0 Å². The number of aromatic nitrogens is 3. The van der Waals surface area contributed by atoms with Crippen molar-refractivity contribution in [1.82, 2.24) is 14.8 Å². The predicted molar refractivity (Wildman–Crippen MR) is 68.8 cm³/mol. The summed E-state index contributed by atoms with van der Waals surface area (Å²) in [5.74, 6) is 2.68. The first kappa shape index (κ1) is 12.6. The van der Waals surface area contributed by atoms with Crippen LogP contribution in [0.25, 0.3) is 0 Å². The van der Waals surface area contributed by atoms with Crippen LogP contribution >= 0.6 is 0 Å². The quantitative estimate of drug-likeness (QED) is 0.872. The van der Waals surface area contributed by atoms with Gasteiger partial charge in [-0.3, -0.25) is 0 Å². The van der Waals surface area contributed by atoms with Gasteiger partial charge < -0.3 is 10.3 Å². The van der Waals surface area contributed by atoms with Gasteiger partial charge in [0.15, 0.2) is 0 Å². The van der Waals surface area contributed by atoms with Gasteiger partial charge in [0, 0.05) is 12.5 Å². The summed E-state index contributed by atoms with van der Waals surface area (Å²) in [6.07, 6.45) is 7.58. The fourth-order valence-corrected chi connectivity index (χ4v) is 2.76. The zero-order chi connectivity index (χ0) is 12.3. The molecule has 0 amide bonds. The minimum absolute atomic E-state index is 0.487. The zero-order valence-electron chi connectivity index (χ0n) is 11.0. The molecule has 1 unspecified atom stereocenters. The van der Waals surface area contributed by atoms with E-state index in [1.54, 1.807) is 0 Å². The summed E-state index contributed by atoms with van der Waals surface area (Å²) in [6.45, 7) is 4.96. The molecular weight excluding hydrogens is 212 g/mol. The summed E-state index contributed by atoms with van der Waals surface area (Å²) in [5.41, 5.74) is 5.70. The Labute approximate surface area is 104 Å². The molecule has 1 aromatic heterocycles. The SMILES string of the molecule is Cc1nnc(CC(C)CN)n1C1CCCCC1. The average molecular weight is 236 g/mol. The van der Waals surface area contributed by atoms with E-state index in [9.17, 15) is 0 Å². The fourth-order valence-electron chi connectivity index (χ4n) is 2.76. The van der Waals surface area contributed by atoms with E-state index in [0.29, 0.717) is 12.0 Å². The van der Waals surface area contributed by atoms with Gasteiger partial charge in [-0.2, -0.15) is 0 Å². The maximum absolute atomic E-state index is 5.70. The molecular formula is C13H24N4. The lowest BCUT2D eigenvalue weighted by Gasteiger charge is -2.25. The Morgan fingerprint density at radius 2 is 2.00 bits per heavy atom. The van der Waals surface area contributed by atoms with E-state index in [-0.39, 0.29) is 0 Å². The summed E-state index contributed by atoms with van der Waals surface area (Å²) in [4.78, 5) is 0. The van der Waals surface area contributed by atoms with Gasteiger partial charge in [-0.1, -0.05) is 26.2 Å². The Balaban J connectivity index is 2.16. The Morgan fingerprint density at radius 1 is 1.29 bits per heavy atom. The van der Waals surface area contributed by atoms with Crippen LogP contribution in [-0.4, -0.2) is 21.3 Å². The topological polar surface area (TPSA) is 56.7 Å². The van der Waals surface area contributed by atoms with E-state index in [0.717, 1.165) is 24.6 Å². The molecule has 2 rings (SSSR count). The van der Waals surface area contributed by atoms with Crippen molar-refractivity contribution in [2.24, 2.45) is 11.7 Å². The maximum atomic E-state index is 5.70. The van der Waals surface area contributed by atoms with E-state index in [2.05, 4.69) is 28.6 Å². The highest BCUT2D eigenvalue weighted by Gasteiger charge is 2.21. The third kappa shape index (κ3) is 2.86. The normalized spacial score (nSPS) is 19.5. The third-order valence-corrected chi connectivity index (χ3v) is 3.81. The van der Waals surface area contributed by atoms with Crippen LogP contribution in [0.15, 0.2) is 0 Å². The number of hydrogen-bond donors (Lipinski definition) is 1. The van der Waals surface area contributed by atoms with Gasteiger partial charge in [-0.15, -0.1) is 10.2 Å². The molecule has 0 aliphatic heterocycles. The average Bonchev–Trinajstić information content (AvgIpc) is 2.71. The highest BCUT2D eigenvalue weighted by Crippen LogP contribution is 2.30. The van der Waals surface area contributed by atoms with E-state index in [1.165, 1.54) is 32.1 Å². The van der Waals surface area contributed by atoms with Gasteiger partial charge in [0.2, 0.25) is 0 Å². The Bertz CT molecular complexity index is 352. The zero-order valence-corrected chi connectivity index (χ0v) is 11.0. The summed E-state index contributed by atoms with van der Waals surface area (Å²) in [7, 11) is 0. The predicted octanol–water partition coefficient (Wildman–Crippen LogP) is 2.23.